The second-order valence-electron chi connectivity index (χ2n) is 7.92. The molecule has 0 bridgehead atoms. The van der Waals surface area contributed by atoms with Gasteiger partial charge in [0.1, 0.15) is 5.75 Å². The fourth-order valence-electron chi connectivity index (χ4n) is 4.35. The van der Waals surface area contributed by atoms with Crippen LogP contribution in [0.2, 0.25) is 0 Å². The number of hydrogen-bond acceptors (Lipinski definition) is 5. The Balaban J connectivity index is 1.41. The van der Waals surface area contributed by atoms with Gasteiger partial charge in [-0.25, -0.2) is 0 Å². The summed E-state index contributed by atoms with van der Waals surface area (Å²) in [6.07, 6.45) is 3.01. The third-order valence-electron chi connectivity index (χ3n) is 5.85. The van der Waals surface area contributed by atoms with E-state index in [9.17, 15) is 4.79 Å². The molecule has 1 N–H and O–H groups in total. The van der Waals surface area contributed by atoms with Crippen molar-refractivity contribution in [2.45, 2.75) is 38.3 Å². The lowest BCUT2D eigenvalue weighted by Gasteiger charge is -2.26. The monoisotopic (exact) mass is 410 g/mol. The van der Waals surface area contributed by atoms with Gasteiger partial charge < -0.3 is 19.5 Å². The van der Waals surface area contributed by atoms with Crippen molar-refractivity contribution in [2.75, 3.05) is 33.4 Å². The predicted molar refractivity (Wildman–Crippen MR) is 115 cm³/mol. The summed E-state index contributed by atoms with van der Waals surface area (Å²) >= 11 is 0. The Kier molecular flexibility index (Phi) is 6.43. The van der Waals surface area contributed by atoms with Gasteiger partial charge in [-0.3, -0.25) is 9.69 Å². The van der Waals surface area contributed by atoms with E-state index < -0.39 is 0 Å². The normalized spacial score (nSPS) is 19.7. The van der Waals surface area contributed by atoms with E-state index >= 15 is 0 Å². The third-order valence-corrected chi connectivity index (χ3v) is 5.85. The van der Waals surface area contributed by atoms with Gasteiger partial charge in [0.05, 0.1) is 32.9 Å². The smallest absolute Gasteiger partial charge is 0.234 e. The Morgan fingerprint density at radius 3 is 2.80 bits per heavy atom. The highest BCUT2D eigenvalue weighted by molar-refractivity contribution is 5.78. The van der Waals surface area contributed by atoms with E-state index in [4.69, 9.17) is 14.2 Å². The summed E-state index contributed by atoms with van der Waals surface area (Å²) in [5.41, 5.74) is 2.16. The molecule has 0 saturated carbocycles. The van der Waals surface area contributed by atoms with Gasteiger partial charge in [-0.2, -0.15) is 0 Å². The molecule has 0 spiro atoms. The summed E-state index contributed by atoms with van der Waals surface area (Å²) in [5, 5.41) is 3.12. The van der Waals surface area contributed by atoms with Crippen LogP contribution in [0.25, 0.3) is 0 Å². The molecule has 0 aromatic heterocycles. The van der Waals surface area contributed by atoms with Crippen LogP contribution in [0.5, 0.6) is 17.2 Å². The lowest BCUT2D eigenvalue weighted by atomic mass is 10.0. The number of methoxy groups -OCH3 is 1. The van der Waals surface area contributed by atoms with Crippen LogP contribution < -0.4 is 19.5 Å². The van der Waals surface area contributed by atoms with Crippen molar-refractivity contribution < 1.29 is 19.0 Å². The Labute approximate surface area is 178 Å². The number of carbonyl (C=O) groups is 1. The summed E-state index contributed by atoms with van der Waals surface area (Å²) in [5.74, 6) is 2.43. The maximum Gasteiger partial charge on any atom is 0.234 e. The fraction of sp³-hybridized carbons (Fsp3) is 0.458. The van der Waals surface area contributed by atoms with Gasteiger partial charge in [0.25, 0.3) is 0 Å². The maximum absolute atomic E-state index is 12.8. The molecule has 2 heterocycles. The van der Waals surface area contributed by atoms with Crippen molar-refractivity contribution in [1.82, 2.24) is 10.2 Å². The number of nitrogens with zero attached hydrogens (tertiary/aromatic N) is 1. The van der Waals surface area contributed by atoms with E-state index in [1.807, 2.05) is 37.3 Å². The minimum Gasteiger partial charge on any atom is -0.496 e. The molecule has 1 fully saturated rings. The van der Waals surface area contributed by atoms with Crippen LogP contribution >= 0.6 is 0 Å². The van der Waals surface area contributed by atoms with Crippen molar-refractivity contribution in [3.8, 4) is 17.2 Å². The van der Waals surface area contributed by atoms with Crippen LogP contribution in [0.15, 0.2) is 42.5 Å². The molecule has 0 aliphatic carbocycles. The Morgan fingerprint density at radius 2 is 1.97 bits per heavy atom. The van der Waals surface area contributed by atoms with E-state index in [2.05, 4.69) is 22.3 Å². The van der Waals surface area contributed by atoms with Gasteiger partial charge in [-0.05, 0) is 50.1 Å². The molecule has 6 heteroatoms. The molecule has 0 unspecified atom stereocenters. The Morgan fingerprint density at radius 1 is 1.17 bits per heavy atom. The number of nitrogens with one attached hydrogen (secondary N) is 1. The number of carbonyl (C=O) groups excluding carboxylic acids is 1. The van der Waals surface area contributed by atoms with E-state index in [1.165, 1.54) is 5.56 Å². The maximum atomic E-state index is 12.8. The number of amides is 1. The van der Waals surface area contributed by atoms with E-state index in [0.29, 0.717) is 19.8 Å². The van der Waals surface area contributed by atoms with Gasteiger partial charge in [0.2, 0.25) is 5.91 Å². The van der Waals surface area contributed by atoms with Crippen molar-refractivity contribution >= 4 is 5.91 Å². The number of hydrogen-bond donors (Lipinski definition) is 1. The number of fused-ring (bicyclic) bond motifs is 1. The average molecular weight is 411 g/mol. The molecule has 4 rings (SSSR count). The molecule has 2 atom stereocenters. The molecule has 6 nitrogen and oxygen atoms in total. The second kappa shape index (κ2) is 9.39. The lowest BCUT2D eigenvalue weighted by molar-refractivity contribution is -0.123. The topological polar surface area (TPSA) is 60.0 Å². The number of para-hydroxylation sites is 1. The number of rotatable bonds is 6. The van der Waals surface area contributed by atoms with E-state index in [0.717, 1.165) is 48.6 Å². The van der Waals surface area contributed by atoms with Gasteiger partial charge in [0, 0.05) is 18.0 Å². The van der Waals surface area contributed by atoms with E-state index in [1.54, 1.807) is 7.11 Å². The summed E-state index contributed by atoms with van der Waals surface area (Å²) in [4.78, 5) is 15.1. The highest BCUT2D eigenvalue weighted by Crippen LogP contribution is 2.37. The standard InChI is InChI=1S/C24H30N2O4/c1-17(19-7-3-4-9-21(19)28-2)25-24(27)16-26-12-5-8-20(26)18-10-11-22-23(15-18)30-14-6-13-29-22/h3-4,7,9-11,15,17,20H,5-6,8,12-14,16H2,1-2H3,(H,25,27)/t17-,20-/m0/s1. The molecule has 2 aliphatic rings. The summed E-state index contributed by atoms with van der Waals surface area (Å²) in [6, 6.07) is 14.1. The van der Waals surface area contributed by atoms with Crippen molar-refractivity contribution in [1.29, 1.82) is 0 Å². The van der Waals surface area contributed by atoms with Crippen molar-refractivity contribution in [3.63, 3.8) is 0 Å². The van der Waals surface area contributed by atoms with Gasteiger partial charge in [-0.1, -0.05) is 24.3 Å². The summed E-state index contributed by atoms with van der Waals surface area (Å²) in [7, 11) is 1.65. The zero-order valence-electron chi connectivity index (χ0n) is 17.7. The minimum absolute atomic E-state index is 0.0228. The first-order valence-corrected chi connectivity index (χ1v) is 10.7. The van der Waals surface area contributed by atoms with Crippen LogP contribution in [-0.2, 0) is 4.79 Å². The molecule has 160 valence electrons. The summed E-state index contributed by atoms with van der Waals surface area (Å²) < 4.78 is 17.0. The van der Waals surface area contributed by atoms with Crippen LogP contribution in [0, 0.1) is 0 Å². The first-order chi connectivity index (χ1) is 14.7. The molecule has 1 amide bonds. The predicted octanol–water partition coefficient (Wildman–Crippen LogP) is 3.87. The molecule has 30 heavy (non-hydrogen) atoms. The first kappa shape index (κ1) is 20.5. The number of ether oxygens (including phenoxy) is 3. The quantitative estimate of drug-likeness (QED) is 0.783. The van der Waals surface area contributed by atoms with Crippen molar-refractivity contribution in [2.24, 2.45) is 0 Å². The SMILES string of the molecule is COc1ccccc1[C@H](C)NC(=O)CN1CCC[C@H]1c1ccc2c(c1)OCCCO2. The molecular weight excluding hydrogens is 380 g/mol. The van der Waals surface area contributed by atoms with Crippen molar-refractivity contribution in [3.05, 3.63) is 53.6 Å². The second-order valence-corrected chi connectivity index (χ2v) is 7.92. The molecule has 1 saturated heterocycles. The number of benzene rings is 2. The van der Waals surface area contributed by atoms with Gasteiger partial charge >= 0.3 is 0 Å². The van der Waals surface area contributed by atoms with Crippen LogP contribution in [-0.4, -0.2) is 44.2 Å². The van der Waals surface area contributed by atoms with Gasteiger partial charge in [-0.15, -0.1) is 0 Å². The summed E-state index contributed by atoms with van der Waals surface area (Å²) in [6.45, 7) is 4.63. The Bertz CT molecular complexity index is 885. The lowest BCUT2D eigenvalue weighted by Crippen LogP contribution is -2.38. The van der Waals surface area contributed by atoms with Crippen LogP contribution in [0.4, 0.5) is 0 Å². The van der Waals surface area contributed by atoms with Crippen LogP contribution in [0.1, 0.15) is 49.4 Å². The molecular formula is C24H30N2O4. The van der Waals surface area contributed by atoms with E-state index in [-0.39, 0.29) is 18.0 Å². The fourth-order valence-corrected chi connectivity index (χ4v) is 4.35. The van der Waals surface area contributed by atoms with Gasteiger partial charge in [0.15, 0.2) is 11.5 Å². The molecule has 2 aliphatic heterocycles. The highest BCUT2D eigenvalue weighted by Gasteiger charge is 2.29. The third kappa shape index (κ3) is 4.54. The molecule has 2 aromatic carbocycles. The molecule has 2 aromatic rings. The highest BCUT2D eigenvalue weighted by atomic mass is 16.5. The number of likely N-dealkylation sites (tertiary alicyclic amines) is 1. The zero-order chi connectivity index (χ0) is 20.9. The largest absolute Gasteiger partial charge is 0.496 e. The average Bonchev–Trinajstić information content (AvgIpc) is 3.08. The molecule has 0 radical (unpaired) electrons. The Hall–Kier alpha value is -2.73. The minimum atomic E-state index is -0.118. The zero-order valence-corrected chi connectivity index (χ0v) is 17.7. The first-order valence-electron chi connectivity index (χ1n) is 10.7. The van der Waals surface area contributed by atoms with Crippen LogP contribution in [0.3, 0.4) is 0 Å².